The predicted molar refractivity (Wildman–Crippen MR) is 59.7 cm³/mol. The number of alkyl halides is 3. The van der Waals surface area contributed by atoms with E-state index in [9.17, 15) is 22.7 Å². The SMILES string of the molecule is CC(O)c1ccc(-c2cc(C(F)(F)F)ccc2F)o1. The Morgan fingerprint density at radius 1 is 1.16 bits per heavy atom. The van der Waals surface area contributed by atoms with E-state index in [4.69, 9.17) is 4.42 Å². The molecule has 0 aliphatic carbocycles. The molecule has 0 saturated carbocycles. The van der Waals surface area contributed by atoms with Gasteiger partial charge >= 0.3 is 6.18 Å². The molecule has 1 unspecified atom stereocenters. The molecule has 1 atom stereocenters. The summed E-state index contributed by atoms with van der Waals surface area (Å²) >= 11 is 0. The van der Waals surface area contributed by atoms with Crippen molar-refractivity contribution in [1.82, 2.24) is 0 Å². The van der Waals surface area contributed by atoms with Gasteiger partial charge in [-0.3, -0.25) is 0 Å². The van der Waals surface area contributed by atoms with Crippen molar-refractivity contribution in [2.75, 3.05) is 0 Å². The van der Waals surface area contributed by atoms with Gasteiger partial charge in [0.25, 0.3) is 0 Å². The molecule has 0 radical (unpaired) electrons. The second-order valence-corrected chi connectivity index (χ2v) is 4.07. The predicted octanol–water partition coefficient (Wildman–Crippen LogP) is 4.16. The number of furan rings is 1. The fraction of sp³-hybridized carbons (Fsp3) is 0.231. The number of halogens is 4. The Hall–Kier alpha value is -1.82. The van der Waals surface area contributed by atoms with E-state index >= 15 is 0 Å². The first-order valence-electron chi connectivity index (χ1n) is 5.44. The Balaban J connectivity index is 2.48. The van der Waals surface area contributed by atoms with Crippen LogP contribution in [0.5, 0.6) is 0 Å². The van der Waals surface area contributed by atoms with Crippen LogP contribution in [0.3, 0.4) is 0 Å². The first-order chi connectivity index (χ1) is 8.79. The molecule has 1 heterocycles. The molecule has 2 aromatic rings. The molecule has 1 N–H and O–H groups in total. The number of aliphatic hydroxyl groups excluding tert-OH is 1. The minimum atomic E-state index is -4.55. The molecule has 19 heavy (non-hydrogen) atoms. The zero-order valence-corrected chi connectivity index (χ0v) is 9.83. The van der Waals surface area contributed by atoms with E-state index in [1.807, 2.05) is 0 Å². The molecule has 102 valence electrons. The minimum absolute atomic E-state index is 0.0560. The van der Waals surface area contributed by atoms with Crippen molar-refractivity contribution in [3.63, 3.8) is 0 Å². The second kappa shape index (κ2) is 4.70. The van der Waals surface area contributed by atoms with Crippen LogP contribution in [0.1, 0.15) is 24.4 Å². The van der Waals surface area contributed by atoms with Crippen molar-refractivity contribution in [3.8, 4) is 11.3 Å². The number of hydrogen-bond acceptors (Lipinski definition) is 2. The van der Waals surface area contributed by atoms with E-state index in [1.54, 1.807) is 0 Å². The van der Waals surface area contributed by atoms with Crippen LogP contribution in [0.15, 0.2) is 34.7 Å². The highest BCUT2D eigenvalue weighted by molar-refractivity contribution is 5.60. The summed E-state index contributed by atoms with van der Waals surface area (Å²) in [5.41, 5.74) is -1.25. The topological polar surface area (TPSA) is 33.4 Å². The lowest BCUT2D eigenvalue weighted by atomic mass is 10.1. The monoisotopic (exact) mass is 274 g/mol. The molecule has 1 aromatic carbocycles. The smallest absolute Gasteiger partial charge is 0.416 e. The Labute approximate surface area is 106 Å². The summed E-state index contributed by atoms with van der Waals surface area (Å²) in [4.78, 5) is 0. The van der Waals surface area contributed by atoms with E-state index < -0.39 is 23.7 Å². The third kappa shape index (κ3) is 2.78. The van der Waals surface area contributed by atoms with Crippen molar-refractivity contribution < 1.29 is 27.1 Å². The summed E-state index contributed by atoms with van der Waals surface area (Å²) in [6, 6.07) is 4.79. The zero-order valence-electron chi connectivity index (χ0n) is 9.83. The molecule has 0 amide bonds. The van der Waals surface area contributed by atoms with Crippen LogP contribution >= 0.6 is 0 Å². The minimum Gasteiger partial charge on any atom is -0.458 e. The van der Waals surface area contributed by atoms with Gasteiger partial charge in [-0.25, -0.2) is 4.39 Å². The highest BCUT2D eigenvalue weighted by Gasteiger charge is 2.31. The molecular weight excluding hydrogens is 264 g/mol. The van der Waals surface area contributed by atoms with Gasteiger partial charge in [0.05, 0.1) is 11.1 Å². The summed E-state index contributed by atoms with van der Waals surface area (Å²) in [6.45, 7) is 1.44. The fourth-order valence-electron chi connectivity index (χ4n) is 1.61. The van der Waals surface area contributed by atoms with Gasteiger partial charge in [-0.05, 0) is 37.3 Å². The number of benzene rings is 1. The van der Waals surface area contributed by atoms with Gasteiger partial charge in [0.15, 0.2) is 0 Å². The Morgan fingerprint density at radius 3 is 2.37 bits per heavy atom. The van der Waals surface area contributed by atoms with Crippen molar-refractivity contribution in [2.24, 2.45) is 0 Å². The van der Waals surface area contributed by atoms with Gasteiger partial charge in [0.1, 0.15) is 23.4 Å². The first-order valence-corrected chi connectivity index (χ1v) is 5.44. The van der Waals surface area contributed by atoms with Gasteiger partial charge < -0.3 is 9.52 Å². The summed E-state index contributed by atoms with van der Waals surface area (Å²) in [7, 11) is 0. The van der Waals surface area contributed by atoms with Gasteiger partial charge in [-0.15, -0.1) is 0 Å². The normalized spacial score (nSPS) is 13.6. The molecule has 1 aromatic heterocycles. The van der Waals surface area contributed by atoms with Crippen LogP contribution in [0, 0.1) is 5.82 Å². The average molecular weight is 274 g/mol. The van der Waals surface area contributed by atoms with Crippen molar-refractivity contribution in [1.29, 1.82) is 0 Å². The maximum absolute atomic E-state index is 13.6. The van der Waals surface area contributed by atoms with Crippen LogP contribution in [-0.2, 0) is 6.18 Å². The van der Waals surface area contributed by atoms with Crippen LogP contribution in [0.2, 0.25) is 0 Å². The lowest BCUT2D eigenvalue weighted by Gasteiger charge is -2.08. The maximum Gasteiger partial charge on any atom is 0.416 e. The Kier molecular flexibility index (Phi) is 3.36. The Morgan fingerprint density at radius 2 is 1.84 bits per heavy atom. The molecule has 0 aliphatic rings. The molecule has 2 nitrogen and oxygen atoms in total. The molecule has 0 aliphatic heterocycles. The number of hydrogen-bond donors (Lipinski definition) is 1. The molecule has 0 saturated heterocycles. The van der Waals surface area contributed by atoms with Crippen molar-refractivity contribution in [2.45, 2.75) is 19.2 Å². The lowest BCUT2D eigenvalue weighted by Crippen LogP contribution is -2.05. The maximum atomic E-state index is 13.6. The van der Waals surface area contributed by atoms with E-state index in [0.29, 0.717) is 12.1 Å². The van der Waals surface area contributed by atoms with Crippen molar-refractivity contribution >= 4 is 0 Å². The summed E-state index contributed by atoms with van der Waals surface area (Å²) in [6.07, 6.45) is -5.47. The quantitative estimate of drug-likeness (QED) is 0.834. The van der Waals surface area contributed by atoms with Crippen LogP contribution < -0.4 is 0 Å². The molecule has 0 spiro atoms. The van der Waals surface area contributed by atoms with E-state index in [1.165, 1.54) is 19.1 Å². The Bertz CT molecular complexity index is 585. The third-order valence-electron chi connectivity index (χ3n) is 2.60. The third-order valence-corrected chi connectivity index (χ3v) is 2.60. The van der Waals surface area contributed by atoms with Gasteiger partial charge in [0, 0.05) is 0 Å². The average Bonchev–Trinajstić information content (AvgIpc) is 2.77. The van der Waals surface area contributed by atoms with E-state index in [2.05, 4.69) is 0 Å². The molecule has 2 rings (SSSR count). The molecule has 0 bridgehead atoms. The van der Waals surface area contributed by atoms with E-state index in [0.717, 1.165) is 6.07 Å². The summed E-state index contributed by atoms with van der Waals surface area (Å²) in [5, 5.41) is 9.27. The highest BCUT2D eigenvalue weighted by Crippen LogP contribution is 2.34. The molecular formula is C13H10F4O2. The van der Waals surface area contributed by atoms with Crippen molar-refractivity contribution in [3.05, 3.63) is 47.5 Å². The fourth-order valence-corrected chi connectivity index (χ4v) is 1.61. The summed E-state index contributed by atoms with van der Waals surface area (Å²) < 4.78 is 56.4. The van der Waals surface area contributed by atoms with Crippen LogP contribution in [-0.4, -0.2) is 5.11 Å². The van der Waals surface area contributed by atoms with Gasteiger partial charge in [-0.2, -0.15) is 13.2 Å². The zero-order chi connectivity index (χ0) is 14.2. The summed E-state index contributed by atoms with van der Waals surface area (Å²) in [5.74, 6) is -0.717. The van der Waals surface area contributed by atoms with Gasteiger partial charge in [0.2, 0.25) is 0 Å². The van der Waals surface area contributed by atoms with Crippen LogP contribution in [0.25, 0.3) is 11.3 Å². The molecule has 0 fully saturated rings. The highest BCUT2D eigenvalue weighted by atomic mass is 19.4. The number of aliphatic hydroxyl groups is 1. The van der Waals surface area contributed by atoms with Gasteiger partial charge in [-0.1, -0.05) is 0 Å². The first kappa shape index (κ1) is 13.6. The van der Waals surface area contributed by atoms with Crippen LogP contribution in [0.4, 0.5) is 17.6 Å². The standard InChI is InChI=1S/C13H10F4O2/c1-7(18)11-4-5-12(19-11)9-6-8(13(15,16)17)2-3-10(9)14/h2-7,18H,1H3. The largest absolute Gasteiger partial charge is 0.458 e. The second-order valence-electron chi connectivity index (χ2n) is 4.07. The lowest BCUT2D eigenvalue weighted by molar-refractivity contribution is -0.137. The number of rotatable bonds is 2. The van der Waals surface area contributed by atoms with E-state index in [-0.39, 0.29) is 17.1 Å². The molecule has 6 heteroatoms.